The Hall–Kier alpha value is -1.68. The van der Waals surface area contributed by atoms with Gasteiger partial charge in [-0.1, -0.05) is 31.0 Å². The lowest BCUT2D eigenvalue weighted by Gasteiger charge is -2.12. The van der Waals surface area contributed by atoms with E-state index in [1.54, 1.807) is 0 Å². The molecule has 0 aliphatic heterocycles. The van der Waals surface area contributed by atoms with Gasteiger partial charge in [0, 0.05) is 5.56 Å². The average molecular weight is 259 g/mol. The van der Waals surface area contributed by atoms with Crippen LogP contribution >= 0.6 is 0 Å². The highest BCUT2D eigenvalue weighted by Crippen LogP contribution is 2.18. The number of aryl methyl sites for hydroxylation is 1. The quantitative estimate of drug-likeness (QED) is 0.798. The smallest absolute Gasteiger partial charge is 0.247 e. The monoisotopic (exact) mass is 259 g/mol. The Labute approximate surface area is 114 Å². The van der Waals surface area contributed by atoms with E-state index in [1.165, 1.54) is 18.4 Å². The molecule has 0 atom stereocenters. The van der Waals surface area contributed by atoms with E-state index in [1.807, 2.05) is 24.3 Å². The molecule has 4 nitrogen and oxygen atoms in total. The molecule has 0 bridgehead atoms. The highest BCUT2D eigenvalue weighted by atomic mass is 16.4. The zero-order valence-corrected chi connectivity index (χ0v) is 11.9. The van der Waals surface area contributed by atoms with E-state index in [4.69, 9.17) is 4.42 Å². The molecular weight excluding hydrogens is 238 g/mol. The molecule has 4 heteroatoms. The molecule has 1 aromatic carbocycles. The van der Waals surface area contributed by atoms with Gasteiger partial charge in [-0.15, -0.1) is 10.2 Å². The number of rotatable bonds is 6. The lowest BCUT2D eigenvalue weighted by Crippen LogP contribution is -2.19. The summed E-state index contributed by atoms with van der Waals surface area (Å²) in [5.41, 5.74) is 2.20. The molecule has 1 aromatic heterocycles. The van der Waals surface area contributed by atoms with Crippen LogP contribution in [0, 0.1) is 6.92 Å². The fourth-order valence-corrected chi connectivity index (χ4v) is 1.87. The second kappa shape index (κ2) is 6.48. The first-order chi connectivity index (χ1) is 9.19. The molecule has 0 aliphatic rings. The minimum atomic E-state index is 0.596. The topological polar surface area (TPSA) is 42.2 Å². The van der Waals surface area contributed by atoms with Crippen LogP contribution in [-0.2, 0) is 6.54 Å². The number of hydrogen-bond acceptors (Lipinski definition) is 4. The summed E-state index contributed by atoms with van der Waals surface area (Å²) in [6.45, 7) is 6.01. The average Bonchev–Trinajstić information content (AvgIpc) is 2.85. The maximum Gasteiger partial charge on any atom is 0.247 e. The summed E-state index contributed by atoms with van der Waals surface area (Å²) >= 11 is 0. The minimum Gasteiger partial charge on any atom is -0.419 e. The van der Waals surface area contributed by atoms with Crippen LogP contribution in [0.5, 0.6) is 0 Å². The SMILES string of the molecule is CCCCN(C)Cc1nnc(-c2ccc(C)cc2)o1. The van der Waals surface area contributed by atoms with E-state index in [0.29, 0.717) is 18.3 Å². The number of hydrogen-bond donors (Lipinski definition) is 0. The molecule has 0 unspecified atom stereocenters. The Morgan fingerprint density at radius 1 is 1.16 bits per heavy atom. The van der Waals surface area contributed by atoms with Crippen molar-refractivity contribution < 1.29 is 4.42 Å². The van der Waals surface area contributed by atoms with Crippen molar-refractivity contribution in [2.24, 2.45) is 0 Å². The molecule has 0 saturated carbocycles. The van der Waals surface area contributed by atoms with Crippen LogP contribution in [0.15, 0.2) is 28.7 Å². The van der Waals surface area contributed by atoms with E-state index in [-0.39, 0.29) is 0 Å². The summed E-state index contributed by atoms with van der Waals surface area (Å²) in [4.78, 5) is 2.20. The van der Waals surface area contributed by atoms with Gasteiger partial charge in [0.25, 0.3) is 0 Å². The van der Waals surface area contributed by atoms with Crippen molar-refractivity contribution in [3.8, 4) is 11.5 Å². The molecule has 1 heterocycles. The molecule has 102 valence electrons. The summed E-state index contributed by atoms with van der Waals surface area (Å²) in [5, 5.41) is 8.21. The number of benzene rings is 1. The first-order valence-electron chi connectivity index (χ1n) is 6.77. The van der Waals surface area contributed by atoms with Crippen LogP contribution in [0.25, 0.3) is 11.5 Å². The Morgan fingerprint density at radius 3 is 2.58 bits per heavy atom. The first kappa shape index (κ1) is 13.7. The molecule has 0 fully saturated rings. The minimum absolute atomic E-state index is 0.596. The summed E-state index contributed by atoms with van der Waals surface area (Å²) in [6, 6.07) is 8.11. The maximum absolute atomic E-state index is 5.70. The van der Waals surface area contributed by atoms with Gasteiger partial charge < -0.3 is 4.42 Å². The van der Waals surface area contributed by atoms with Crippen molar-refractivity contribution in [1.82, 2.24) is 15.1 Å². The maximum atomic E-state index is 5.70. The predicted molar refractivity (Wildman–Crippen MR) is 75.7 cm³/mol. The molecule has 0 N–H and O–H groups in total. The molecule has 0 amide bonds. The highest BCUT2D eigenvalue weighted by molar-refractivity contribution is 5.52. The van der Waals surface area contributed by atoms with Gasteiger partial charge in [0.05, 0.1) is 6.54 Å². The molecule has 0 saturated heterocycles. The molecule has 0 radical (unpaired) electrons. The van der Waals surface area contributed by atoms with Crippen molar-refractivity contribution in [2.45, 2.75) is 33.2 Å². The zero-order chi connectivity index (χ0) is 13.7. The van der Waals surface area contributed by atoms with Crippen LogP contribution in [-0.4, -0.2) is 28.7 Å². The van der Waals surface area contributed by atoms with Gasteiger partial charge in [-0.2, -0.15) is 0 Å². The van der Waals surface area contributed by atoms with E-state index in [9.17, 15) is 0 Å². The Morgan fingerprint density at radius 2 is 1.89 bits per heavy atom. The molecule has 0 aliphatic carbocycles. The van der Waals surface area contributed by atoms with Crippen LogP contribution in [0.2, 0.25) is 0 Å². The second-order valence-electron chi connectivity index (χ2n) is 4.96. The fraction of sp³-hybridized carbons (Fsp3) is 0.467. The standard InChI is InChI=1S/C15H21N3O/c1-4-5-10-18(3)11-14-16-17-15(19-14)13-8-6-12(2)7-9-13/h6-9H,4-5,10-11H2,1-3H3. The van der Waals surface area contributed by atoms with E-state index >= 15 is 0 Å². The first-order valence-corrected chi connectivity index (χ1v) is 6.77. The lowest BCUT2D eigenvalue weighted by atomic mass is 10.1. The Kier molecular flexibility index (Phi) is 4.68. The van der Waals surface area contributed by atoms with Crippen LogP contribution in [0.3, 0.4) is 0 Å². The molecule has 2 rings (SSSR count). The van der Waals surface area contributed by atoms with Crippen LogP contribution in [0.4, 0.5) is 0 Å². The normalized spacial score (nSPS) is 11.2. The van der Waals surface area contributed by atoms with Crippen molar-refractivity contribution in [3.05, 3.63) is 35.7 Å². The summed E-state index contributed by atoms with van der Waals surface area (Å²) in [6.07, 6.45) is 2.39. The molecule has 19 heavy (non-hydrogen) atoms. The van der Waals surface area contributed by atoms with E-state index in [2.05, 4.69) is 36.0 Å². The molecule has 2 aromatic rings. The van der Waals surface area contributed by atoms with E-state index in [0.717, 1.165) is 12.1 Å². The van der Waals surface area contributed by atoms with Crippen molar-refractivity contribution >= 4 is 0 Å². The van der Waals surface area contributed by atoms with Gasteiger partial charge in [0.1, 0.15) is 0 Å². The summed E-state index contributed by atoms with van der Waals surface area (Å²) in [7, 11) is 2.07. The van der Waals surface area contributed by atoms with Gasteiger partial charge in [-0.3, -0.25) is 4.90 Å². The van der Waals surface area contributed by atoms with Gasteiger partial charge >= 0.3 is 0 Å². The zero-order valence-electron chi connectivity index (χ0n) is 11.9. The fourth-order valence-electron chi connectivity index (χ4n) is 1.87. The van der Waals surface area contributed by atoms with Crippen molar-refractivity contribution in [3.63, 3.8) is 0 Å². The van der Waals surface area contributed by atoms with Crippen LogP contribution < -0.4 is 0 Å². The van der Waals surface area contributed by atoms with Crippen molar-refractivity contribution in [2.75, 3.05) is 13.6 Å². The van der Waals surface area contributed by atoms with Gasteiger partial charge in [0.15, 0.2) is 0 Å². The molecular formula is C15H21N3O. The molecule has 0 spiro atoms. The highest BCUT2D eigenvalue weighted by Gasteiger charge is 2.10. The van der Waals surface area contributed by atoms with Crippen LogP contribution in [0.1, 0.15) is 31.2 Å². The second-order valence-corrected chi connectivity index (χ2v) is 4.96. The number of aromatic nitrogens is 2. The Bertz CT molecular complexity index is 504. The number of unbranched alkanes of at least 4 members (excludes halogenated alkanes) is 1. The summed E-state index contributed by atoms with van der Waals surface area (Å²) < 4.78 is 5.70. The van der Waals surface area contributed by atoms with E-state index < -0.39 is 0 Å². The largest absolute Gasteiger partial charge is 0.419 e. The third-order valence-corrected chi connectivity index (χ3v) is 3.06. The number of nitrogens with zero attached hydrogens (tertiary/aromatic N) is 3. The lowest BCUT2D eigenvalue weighted by molar-refractivity contribution is 0.286. The third kappa shape index (κ3) is 3.89. The van der Waals surface area contributed by atoms with Crippen molar-refractivity contribution in [1.29, 1.82) is 0 Å². The third-order valence-electron chi connectivity index (χ3n) is 3.06. The predicted octanol–water partition coefficient (Wildman–Crippen LogP) is 3.28. The van der Waals surface area contributed by atoms with Gasteiger partial charge in [-0.25, -0.2) is 0 Å². The Balaban J connectivity index is 2.00. The van der Waals surface area contributed by atoms with Gasteiger partial charge in [0.2, 0.25) is 11.8 Å². The summed E-state index contributed by atoms with van der Waals surface area (Å²) in [5.74, 6) is 1.27. The van der Waals surface area contributed by atoms with Gasteiger partial charge in [-0.05, 0) is 39.1 Å².